The molecule has 0 spiro atoms. The van der Waals surface area contributed by atoms with E-state index in [1.165, 1.54) is 12.5 Å². The van der Waals surface area contributed by atoms with Crippen molar-refractivity contribution < 1.29 is 28.7 Å². The number of amides is 5. The SMILES string of the molecule is C[C@@H](NC(=O)N1CCOCC1)C(=O)N[C@H](CC(N)=O)C(=O)NC(Cc1ccccc1)C1OC1CCc1ccccc1. The smallest absolute Gasteiger partial charge is 0.318 e. The van der Waals surface area contributed by atoms with Crippen LogP contribution in [-0.4, -0.2) is 85.3 Å². The number of carbonyl (C=O) groups excluding carboxylic acids is 4. The van der Waals surface area contributed by atoms with Crippen molar-refractivity contribution in [3.8, 4) is 0 Å². The summed E-state index contributed by atoms with van der Waals surface area (Å²) in [6.45, 7) is 3.21. The van der Waals surface area contributed by atoms with Gasteiger partial charge >= 0.3 is 6.03 Å². The fourth-order valence-corrected chi connectivity index (χ4v) is 4.91. The molecule has 2 aromatic carbocycles. The molecule has 3 unspecified atom stereocenters. The van der Waals surface area contributed by atoms with Gasteiger partial charge in [0.25, 0.3) is 0 Å². The van der Waals surface area contributed by atoms with Crippen molar-refractivity contribution in [2.24, 2.45) is 5.73 Å². The first kappa shape index (κ1) is 30.0. The number of aryl methyl sites for hydroxylation is 1. The number of nitrogens with zero attached hydrogens (tertiary/aromatic N) is 1. The van der Waals surface area contributed by atoms with Crippen molar-refractivity contribution in [2.75, 3.05) is 26.3 Å². The van der Waals surface area contributed by atoms with Gasteiger partial charge in [-0.1, -0.05) is 60.7 Å². The third kappa shape index (κ3) is 9.29. The minimum absolute atomic E-state index is 0.0242. The number of hydrogen-bond acceptors (Lipinski definition) is 6. The molecule has 2 saturated heterocycles. The van der Waals surface area contributed by atoms with Crippen LogP contribution in [-0.2, 0) is 36.7 Å². The average Bonchev–Trinajstić information content (AvgIpc) is 3.76. The summed E-state index contributed by atoms with van der Waals surface area (Å²) in [5.41, 5.74) is 7.65. The first-order chi connectivity index (χ1) is 19.8. The highest BCUT2D eigenvalue weighted by molar-refractivity contribution is 5.94. The van der Waals surface area contributed by atoms with Crippen molar-refractivity contribution in [2.45, 2.75) is 62.9 Å². The second kappa shape index (κ2) is 14.6. The fourth-order valence-electron chi connectivity index (χ4n) is 4.91. The van der Waals surface area contributed by atoms with Crippen molar-refractivity contribution in [3.05, 3.63) is 71.8 Å². The van der Waals surface area contributed by atoms with Crippen LogP contribution in [0.25, 0.3) is 0 Å². The second-order valence-corrected chi connectivity index (χ2v) is 10.5. The van der Waals surface area contributed by atoms with Gasteiger partial charge in [-0.3, -0.25) is 14.4 Å². The molecule has 0 radical (unpaired) electrons. The first-order valence-corrected chi connectivity index (χ1v) is 14.1. The number of hydrogen-bond donors (Lipinski definition) is 4. The Labute approximate surface area is 240 Å². The number of nitrogens with two attached hydrogens (primary N) is 1. The Morgan fingerprint density at radius 3 is 2.17 bits per heavy atom. The molecule has 2 aromatic rings. The summed E-state index contributed by atoms with van der Waals surface area (Å²) in [4.78, 5) is 52.2. The van der Waals surface area contributed by atoms with E-state index in [-0.39, 0.29) is 24.7 Å². The highest BCUT2D eigenvalue weighted by Crippen LogP contribution is 2.31. The number of morpholine rings is 1. The molecular weight excluding hydrogens is 526 g/mol. The zero-order chi connectivity index (χ0) is 29.2. The van der Waals surface area contributed by atoms with Gasteiger partial charge in [0.1, 0.15) is 18.2 Å². The highest BCUT2D eigenvalue weighted by Gasteiger charge is 2.45. The van der Waals surface area contributed by atoms with E-state index >= 15 is 0 Å². The van der Waals surface area contributed by atoms with Crippen LogP contribution in [0.15, 0.2) is 60.7 Å². The van der Waals surface area contributed by atoms with E-state index in [0.29, 0.717) is 32.7 Å². The summed E-state index contributed by atoms with van der Waals surface area (Å²) in [6.07, 6.45) is 1.55. The van der Waals surface area contributed by atoms with Gasteiger partial charge in [-0.15, -0.1) is 0 Å². The van der Waals surface area contributed by atoms with Crippen molar-refractivity contribution >= 4 is 23.8 Å². The molecule has 0 bridgehead atoms. The molecule has 4 rings (SSSR count). The maximum absolute atomic E-state index is 13.4. The Morgan fingerprint density at radius 2 is 1.54 bits per heavy atom. The summed E-state index contributed by atoms with van der Waals surface area (Å²) in [7, 11) is 0. The Morgan fingerprint density at radius 1 is 0.902 bits per heavy atom. The lowest BCUT2D eigenvalue weighted by Crippen LogP contribution is -2.57. The molecule has 5 N–H and O–H groups in total. The normalized spacial score (nSPS) is 20.3. The molecule has 2 aliphatic heterocycles. The predicted molar refractivity (Wildman–Crippen MR) is 152 cm³/mol. The molecule has 41 heavy (non-hydrogen) atoms. The summed E-state index contributed by atoms with van der Waals surface area (Å²) < 4.78 is 11.3. The third-order valence-corrected chi connectivity index (χ3v) is 7.27. The van der Waals surface area contributed by atoms with Gasteiger partial charge in [-0.05, 0) is 37.3 Å². The number of carbonyl (C=O) groups is 4. The van der Waals surface area contributed by atoms with Gasteiger partial charge in [0.2, 0.25) is 17.7 Å². The molecule has 11 nitrogen and oxygen atoms in total. The molecule has 2 heterocycles. The molecule has 2 aliphatic rings. The molecule has 2 fully saturated rings. The van der Waals surface area contributed by atoms with E-state index in [0.717, 1.165) is 18.4 Å². The molecule has 11 heteroatoms. The molecule has 5 amide bonds. The Balaban J connectivity index is 1.38. The number of rotatable bonds is 13. The minimum Gasteiger partial charge on any atom is -0.378 e. The highest BCUT2D eigenvalue weighted by atomic mass is 16.6. The van der Waals surface area contributed by atoms with Crippen molar-refractivity contribution in [1.82, 2.24) is 20.9 Å². The number of ether oxygens (including phenoxy) is 2. The number of nitrogens with one attached hydrogen (secondary N) is 3. The molecular formula is C30H39N5O6. The van der Waals surface area contributed by atoms with Gasteiger partial charge < -0.3 is 36.1 Å². The Bertz CT molecular complexity index is 1170. The summed E-state index contributed by atoms with van der Waals surface area (Å²) in [5, 5.41) is 8.23. The summed E-state index contributed by atoms with van der Waals surface area (Å²) in [5.74, 6) is -1.88. The summed E-state index contributed by atoms with van der Waals surface area (Å²) in [6, 6.07) is 16.9. The monoisotopic (exact) mass is 565 g/mol. The van der Waals surface area contributed by atoms with Gasteiger partial charge in [0, 0.05) is 13.1 Å². The van der Waals surface area contributed by atoms with E-state index in [1.807, 2.05) is 48.5 Å². The van der Waals surface area contributed by atoms with Crippen LogP contribution in [0.1, 0.15) is 30.9 Å². The van der Waals surface area contributed by atoms with Crippen LogP contribution < -0.4 is 21.7 Å². The van der Waals surface area contributed by atoms with Crippen LogP contribution in [0, 0.1) is 0 Å². The van der Waals surface area contributed by atoms with E-state index in [1.54, 1.807) is 4.90 Å². The zero-order valence-electron chi connectivity index (χ0n) is 23.3. The average molecular weight is 566 g/mol. The largest absolute Gasteiger partial charge is 0.378 e. The maximum atomic E-state index is 13.4. The fraction of sp³-hybridized carbons (Fsp3) is 0.467. The topological polar surface area (TPSA) is 155 Å². The van der Waals surface area contributed by atoms with Crippen LogP contribution >= 0.6 is 0 Å². The number of urea groups is 1. The quantitative estimate of drug-likeness (QED) is 0.265. The van der Waals surface area contributed by atoms with Crippen molar-refractivity contribution in [1.29, 1.82) is 0 Å². The number of epoxide rings is 1. The van der Waals surface area contributed by atoms with E-state index < -0.39 is 35.8 Å². The number of benzene rings is 2. The van der Waals surface area contributed by atoms with Crippen LogP contribution in [0.2, 0.25) is 0 Å². The van der Waals surface area contributed by atoms with Crippen LogP contribution in [0.3, 0.4) is 0 Å². The lowest BCUT2D eigenvalue weighted by molar-refractivity contribution is -0.132. The van der Waals surface area contributed by atoms with Gasteiger partial charge in [0.05, 0.1) is 31.8 Å². The van der Waals surface area contributed by atoms with E-state index in [4.69, 9.17) is 15.2 Å². The van der Waals surface area contributed by atoms with Gasteiger partial charge in [0.15, 0.2) is 0 Å². The van der Waals surface area contributed by atoms with Gasteiger partial charge in [-0.2, -0.15) is 0 Å². The van der Waals surface area contributed by atoms with Crippen molar-refractivity contribution in [3.63, 3.8) is 0 Å². The Hall–Kier alpha value is -3.96. The standard InChI is InChI=1S/C30H39N5O6/c1-20(32-30(39)35-14-16-40-17-15-35)28(37)34-24(19-26(31)36)29(38)33-23(18-22-10-6-3-7-11-22)27-25(41-27)13-12-21-8-4-2-5-9-21/h2-11,20,23-25,27H,12-19H2,1H3,(H2,31,36)(H,32,39)(H,33,38)(H,34,37)/t20-,23?,24-,25?,27?/m1/s1. The predicted octanol–water partition coefficient (Wildman–Crippen LogP) is 0.905. The van der Waals surface area contributed by atoms with Gasteiger partial charge in [-0.25, -0.2) is 4.79 Å². The molecule has 220 valence electrons. The molecule has 0 aliphatic carbocycles. The molecule has 0 saturated carbocycles. The number of primary amides is 1. The zero-order valence-corrected chi connectivity index (χ0v) is 23.3. The van der Waals surface area contributed by atoms with E-state index in [9.17, 15) is 19.2 Å². The third-order valence-electron chi connectivity index (χ3n) is 7.27. The second-order valence-electron chi connectivity index (χ2n) is 10.5. The Kier molecular flexibility index (Phi) is 10.7. The molecule has 0 aromatic heterocycles. The lowest BCUT2D eigenvalue weighted by atomic mass is 9.98. The lowest BCUT2D eigenvalue weighted by Gasteiger charge is -2.28. The minimum atomic E-state index is -1.21. The first-order valence-electron chi connectivity index (χ1n) is 14.1. The van der Waals surface area contributed by atoms with Crippen LogP contribution in [0.4, 0.5) is 4.79 Å². The van der Waals surface area contributed by atoms with Crippen LogP contribution in [0.5, 0.6) is 0 Å². The maximum Gasteiger partial charge on any atom is 0.318 e. The summed E-state index contributed by atoms with van der Waals surface area (Å²) >= 11 is 0. The van der Waals surface area contributed by atoms with E-state index in [2.05, 4.69) is 28.1 Å². The molecule has 5 atom stereocenters.